The lowest BCUT2D eigenvalue weighted by Gasteiger charge is -2.18. The van der Waals surface area contributed by atoms with E-state index in [0.717, 1.165) is 31.7 Å². The van der Waals surface area contributed by atoms with Gasteiger partial charge in [-0.05, 0) is 17.7 Å². The van der Waals surface area contributed by atoms with Crippen LogP contribution >= 0.6 is 11.6 Å². The van der Waals surface area contributed by atoms with Crippen molar-refractivity contribution in [2.24, 2.45) is 0 Å². The summed E-state index contributed by atoms with van der Waals surface area (Å²) in [6.07, 6.45) is 2.28. The molecule has 1 aromatic rings. The lowest BCUT2D eigenvalue weighted by Crippen LogP contribution is -2.28. The van der Waals surface area contributed by atoms with E-state index in [4.69, 9.17) is 11.6 Å². The third-order valence-corrected chi connectivity index (χ3v) is 2.81. The Labute approximate surface area is 99.6 Å². The molecule has 0 atom stereocenters. The summed E-state index contributed by atoms with van der Waals surface area (Å²) in [5, 5.41) is 3.37. The van der Waals surface area contributed by atoms with Gasteiger partial charge >= 0.3 is 0 Å². The molecule has 16 heavy (non-hydrogen) atoms. The summed E-state index contributed by atoms with van der Waals surface area (Å²) in [5.41, 5.74) is 1.13. The van der Waals surface area contributed by atoms with Gasteiger partial charge in [0, 0.05) is 38.8 Å². The number of hydrogen-bond donors (Lipinski definition) is 1. The molecule has 2 rings (SSSR count). The molecule has 0 radical (unpaired) electrons. The number of carbonyl (C=O) groups excluding carboxylic acids is 1. The largest absolute Gasteiger partial charge is 0.355 e. The molecule has 0 spiro atoms. The summed E-state index contributed by atoms with van der Waals surface area (Å²) in [6.45, 7) is 3.21. The molecular weight excluding hydrogens is 226 g/mol. The van der Waals surface area contributed by atoms with Crippen molar-refractivity contribution in [3.8, 4) is 0 Å². The molecule has 0 unspecified atom stereocenters. The van der Waals surface area contributed by atoms with E-state index in [1.165, 1.54) is 0 Å². The highest BCUT2D eigenvalue weighted by molar-refractivity contribution is 6.29. The molecule has 86 valence electrons. The summed E-state index contributed by atoms with van der Waals surface area (Å²) < 4.78 is 0. The molecule has 0 bridgehead atoms. The van der Waals surface area contributed by atoms with E-state index in [0.29, 0.717) is 11.6 Å². The Hall–Kier alpha value is -1.13. The van der Waals surface area contributed by atoms with Crippen molar-refractivity contribution in [1.82, 2.24) is 15.2 Å². The van der Waals surface area contributed by atoms with Crippen LogP contribution in [0.15, 0.2) is 18.3 Å². The zero-order valence-electron chi connectivity index (χ0n) is 8.95. The van der Waals surface area contributed by atoms with E-state index in [2.05, 4.69) is 15.2 Å². The standard InChI is InChI=1S/C11H14ClN3O/c12-10-7-9(1-3-13-10)8-15-5-2-11(16)14-4-6-15/h1,3,7H,2,4-6,8H2,(H,14,16). The minimum atomic E-state index is 0.135. The van der Waals surface area contributed by atoms with E-state index in [1.807, 2.05) is 12.1 Å². The van der Waals surface area contributed by atoms with Gasteiger partial charge in [0.25, 0.3) is 0 Å². The van der Waals surface area contributed by atoms with Crippen LogP contribution in [0.1, 0.15) is 12.0 Å². The first-order valence-electron chi connectivity index (χ1n) is 5.33. The maximum Gasteiger partial charge on any atom is 0.221 e. The summed E-state index contributed by atoms with van der Waals surface area (Å²) in [5.74, 6) is 0.135. The Balaban J connectivity index is 1.96. The first-order valence-corrected chi connectivity index (χ1v) is 5.71. The smallest absolute Gasteiger partial charge is 0.221 e. The van der Waals surface area contributed by atoms with E-state index < -0.39 is 0 Å². The van der Waals surface area contributed by atoms with Gasteiger partial charge in [-0.3, -0.25) is 9.69 Å². The summed E-state index contributed by atoms with van der Waals surface area (Å²) in [4.78, 5) is 17.3. The SMILES string of the molecule is O=C1CCN(Cc2ccnc(Cl)c2)CCN1. The van der Waals surface area contributed by atoms with Crippen molar-refractivity contribution >= 4 is 17.5 Å². The van der Waals surface area contributed by atoms with E-state index in [-0.39, 0.29) is 5.91 Å². The van der Waals surface area contributed by atoms with Gasteiger partial charge in [0.15, 0.2) is 0 Å². The van der Waals surface area contributed by atoms with Gasteiger partial charge in [-0.1, -0.05) is 11.6 Å². The summed E-state index contributed by atoms with van der Waals surface area (Å²) in [7, 11) is 0. The Morgan fingerprint density at radius 3 is 3.19 bits per heavy atom. The van der Waals surface area contributed by atoms with Gasteiger partial charge < -0.3 is 5.32 Å². The fourth-order valence-corrected chi connectivity index (χ4v) is 1.97. The molecule has 0 aromatic carbocycles. The maximum atomic E-state index is 11.2. The minimum absolute atomic E-state index is 0.135. The van der Waals surface area contributed by atoms with Gasteiger partial charge in [-0.2, -0.15) is 0 Å². The average Bonchev–Trinajstić information content (AvgIpc) is 2.44. The second-order valence-corrected chi connectivity index (χ2v) is 4.25. The van der Waals surface area contributed by atoms with Crippen molar-refractivity contribution in [2.45, 2.75) is 13.0 Å². The molecule has 1 amide bonds. The second kappa shape index (κ2) is 5.27. The lowest BCUT2D eigenvalue weighted by atomic mass is 10.2. The number of rotatable bonds is 2. The van der Waals surface area contributed by atoms with Crippen LogP contribution < -0.4 is 5.32 Å². The van der Waals surface area contributed by atoms with Crippen LogP contribution in [0.25, 0.3) is 0 Å². The first kappa shape index (κ1) is 11.4. The Morgan fingerprint density at radius 2 is 2.38 bits per heavy atom. The lowest BCUT2D eigenvalue weighted by molar-refractivity contribution is -0.120. The molecule has 1 saturated heterocycles. The zero-order valence-corrected chi connectivity index (χ0v) is 9.70. The number of hydrogen-bond acceptors (Lipinski definition) is 3. The molecule has 5 heteroatoms. The summed E-state index contributed by atoms with van der Waals surface area (Å²) in [6, 6.07) is 3.81. The Kier molecular flexibility index (Phi) is 3.74. The van der Waals surface area contributed by atoms with Crippen molar-refractivity contribution in [1.29, 1.82) is 0 Å². The van der Waals surface area contributed by atoms with Crippen LogP contribution in [0.4, 0.5) is 0 Å². The van der Waals surface area contributed by atoms with Crippen LogP contribution in [-0.2, 0) is 11.3 Å². The third kappa shape index (κ3) is 3.18. The second-order valence-electron chi connectivity index (χ2n) is 3.86. The topological polar surface area (TPSA) is 45.2 Å². The van der Waals surface area contributed by atoms with Gasteiger partial charge in [-0.25, -0.2) is 4.98 Å². The molecular formula is C11H14ClN3O. The molecule has 1 aliphatic rings. The number of aromatic nitrogens is 1. The first-order chi connectivity index (χ1) is 7.74. The number of pyridine rings is 1. The van der Waals surface area contributed by atoms with E-state index in [1.54, 1.807) is 6.20 Å². The van der Waals surface area contributed by atoms with Gasteiger partial charge in [0.05, 0.1) is 0 Å². The van der Waals surface area contributed by atoms with E-state index >= 15 is 0 Å². The minimum Gasteiger partial charge on any atom is -0.355 e. The predicted octanol–water partition coefficient (Wildman–Crippen LogP) is 1.06. The van der Waals surface area contributed by atoms with Gasteiger partial charge in [0.2, 0.25) is 5.91 Å². The van der Waals surface area contributed by atoms with Gasteiger partial charge in [-0.15, -0.1) is 0 Å². The van der Waals surface area contributed by atoms with Crippen molar-refractivity contribution in [3.05, 3.63) is 29.0 Å². The number of halogens is 1. The summed E-state index contributed by atoms with van der Waals surface area (Å²) >= 11 is 5.82. The molecule has 1 N–H and O–H groups in total. The normalized spacial score (nSPS) is 17.9. The van der Waals surface area contributed by atoms with Crippen molar-refractivity contribution in [2.75, 3.05) is 19.6 Å². The molecule has 0 aliphatic carbocycles. The fourth-order valence-electron chi connectivity index (χ4n) is 1.77. The van der Waals surface area contributed by atoms with Crippen molar-refractivity contribution in [3.63, 3.8) is 0 Å². The molecule has 2 heterocycles. The number of nitrogens with one attached hydrogen (secondary N) is 1. The maximum absolute atomic E-state index is 11.2. The fraction of sp³-hybridized carbons (Fsp3) is 0.455. The highest BCUT2D eigenvalue weighted by atomic mass is 35.5. The van der Waals surface area contributed by atoms with Crippen LogP contribution in [0.2, 0.25) is 5.15 Å². The predicted molar refractivity (Wildman–Crippen MR) is 62.2 cm³/mol. The molecule has 1 aliphatic heterocycles. The Bertz CT molecular complexity index is 383. The zero-order chi connectivity index (χ0) is 11.4. The van der Waals surface area contributed by atoms with Crippen LogP contribution in [-0.4, -0.2) is 35.4 Å². The van der Waals surface area contributed by atoms with Crippen molar-refractivity contribution < 1.29 is 4.79 Å². The monoisotopic (exact) mass is 239 g/mol. The molecule has 1 aromatic heterocycles. The Morgan fingerprint density at radius 1 is 1.50 bits per heavy atom. The average molecular weight is 240 g/mol. The number of amides is 1. The number of nitrogens with zero attached hydrogens (tertiary/aromatic N) is 2. The quantitative estimate of drug-likeness (QED) is 0.785. The van der Waals surface area contributed by atoms with Gasteiger partial charge in [0.1, 0.15) is 5.15 Å². The van der Waals surface area contributed by atoms with E-state index in [9.17, 15) is 4.79 Å². The highest BCUT2D eigenvalue weighted by Crippen LogP contribution is 2.10. The van der Waals surface area contributed by atoms with Crippen LogP contribution in [0.5, 0.6) is 0 Å². The molecule has 1 fully saturated rings. The van der Waals surface area contributed by atoms with Crippen LogP contribution in [0.3, 0.4) is 0 Å². The molecule has 4 nitrogen and oxygen atoms in total. The third-order valence-electron chi connectivity index (χ3n) is 2.60. The molecule has 0 saturated carbocycles. The number of carbonyl (C=O) groups is 1. The van der Waals surface area contributed by atoms with Crippen LogP contribution in [0, 0.1) is 0 Å². The highest BCUT2D eigenvalue weighted by Gasteiger charge is 2.13.